The van der Waals surface area contributed by atoms with Crippen molar-refractivity contribution in [3.8, 4) is 0 Å². The molecule has 0 saturated carbocycles. The van der Waals surface area contributed by atoms with Crippen LogP contribution in [0.1, 0.15) is 30.7 Å². The van der Waals surface area contributed by atoms with Gasteiger partial charge in [-0.05, 0) is 37.0 Å². The van der Waals surface area contributed by atoms with Crippen molar-refractivity contribution < 1.29 is 0 Å². The second kappa shape index (κ2) is 4.74. The number of nitrogens with one attached hydrogen (secondary N) is 2. The SMILES string of the molecule is CCC(C)Cc1c(C)sc2[nH]c(=S)[nH]c(=O)c12. The molecule has 2 N–H and O–H groups in total. The molecule has 1 atom stereocenters. The zero-order chi connectivity index (χ0) is 12.6. The average molecular weight is 268 g/mol. The summed E-state index contributed by atoms with van der Waals surface area (Å²) in [5.41, 5.74) is 1.11. The van der Waals surface area contributed by atoms with Crippen LogP contribution in [0.5, 0.6) is 0 Å². The van der Waals surface area contributed by atoms with Gasteiger partial charge in [-0.3, -0.25) is 9.78 Å². The molecule has 0 fully saturated rings. The van der Waals surface area contributed by atoms with Crippen LogP contribution in [-0.4, -0.2) is 9.97 Å². The van der Waals surface area contributed by atoms with Gasteiger partial charge in [-0.1, -0.05) is 20.3 Å². The third-order valence-corrected chi connectivity index (χ3v) is 4.41. The largest absolute Gasteiger partial charge is 0.323 e. The topological polar surface area (TPSA) is 48.6 Å². The molecule has 0 aliphatic rings. The van der Waals surface area contributed by atoms with E-state index >= 15 is 0 Å². The predicted octanol–water partition coefficient (Wildman–Crippen LogP) is 3.54. The molecule has 0 saturated heterocycles. The van der Waals surface area contributed by atoms with Crippen LogP contribution in [0.4, 0.5) is 0 Å². The van der Waals surface area contributed by atoms with Crippen molar-refractivity contribution in [1.82, 2.24) is 9.97 Å². The smallest absolute Gasteiger partial charge is 0.260 e. The Hall–Kier alpha value is -0.940. The van der Waals surface area contributed by atoms with Crippen molar-refractivity contribution in [2.24, 2.45) is 5.92 Å². The van der Waals surface area contributed by atoms with Crippen molar-refractivity contribution in [3.05, 3.63) is 25.6 Å². The van der Waals surface area contributed by atoms with E-state index in [2.05, 4.69) is 30.7 Å². The molecule has 0 bridgehead atoms. The molecular weight excluding hydrogens is 252 g/mol. The molecule has 0 aromatic carbocycles. The van der Waals surface area contributed by atoms with Gasteiger partial charge < -0.3 is 4.98 Å². The van der Waals surface area contributed by atoms with Crippen molar-refractivity contribution in [3.63, 3.8) is 0 Å². The van der Waals surface area contributed by atoms with Gasteiger partial charge in [0.05, 0.1) is 5.39 Å². The number of rotatable bonds is 3. The van der Waals surface area contributed by atoms with Crippen LogP contribution in [0.15, 0.2) is 4.79 Å². The third-order valence-electron chi connectivity index (χ3n) is 3.14. The maximum atomic E-state index is 12.0. The normalized spacial score (nSPS) is 13.1. The molecule has 3 nitrogen and oxygen atoms in total. The third kappa shape index (κ3) is 2.35. The van der Waals surface area contributed by atoms with Gasteiger partial charge in [0, 0.05) is 4.88 Å². The Morgan fingerprint density at radius 2 is 2.12 bits per heavy atom. The van der Waals surface area contributed by atoms with E-state index in [-0.39, 0.29) is 5.56 Å². The summed E-state index contributed by atoms with van der Waals surface area (Å²) in [6.07, 6.45) is 2.08. The van der Waals surface area contributed by atoms with Crippen LogP contribution in [0.3, 0.4) is 0 Å². The zero-order valence-corrected chi connectivity index (χ0v) is 11.8. The van der Waals surface area contributed by atoms with Crippen molar-refractivity contribution >= 4 is 33.8 Å². The van der Waals surface area contributed by atoms with Gasteiger partial charge >= 0.3 is 0 Å². The van der Waals surface area contributed by atoms with Crippen molar-refractivity contribution in [2.45, 2.75) is 33.6 Å². The number of hydrogen-bond acceptors (Lipinski definition) is 3. The first-order valence-corrected chi connectivity index (χ1v) is 7.00. The number of fused-ring (bicyclic) bond motifs is 1. The highest BCUT2D eigenvalue weighted by Crippen LogP contribution is 2.29. The molecule has 0 aliphatic carbocycles. The Morgan fingerprint density at radius 3 is 2.76 bits per heavy atom. The minimum atomic E-state index is -0.0635. The highest BCUT2D eigenvalue weighted by atomic mass is 32.1. The Bertz CT molecular complexity index is 651. The van der Waals surface area contributed by atoms with Gasteiger partial charge in [0.2, 0.25) is 0 Å². The number of H-pyrrole nitrogens is 2. The molecule has 0 aliphatic heterocycles. The van der Waals surface area contributed by atoms with E-state index in [1.807, 2.05) is 0 Å². The Labute approximate surface area is 109 Å². The number of hydrogen-bond donors (Lipinski definition) is 2. The minimum absolute atomic E-state index is 0.0635. The second-order valence-corrected chi connectivity index (χ2v) is 6.10. The van der Waals surface area contributed by atoms with Crippen LogP contribution in [0, 0.1) is 17.6 Å². The molecule has 0 spiro atoms. The highest BCUT2D eigenvalue weighted by molar-refractivity contribution is 7.71. The first kappa shape index (κ1) is 12.5. The van der Waals surface area contributed by atoms with E-state index < -0.39 is 0 Å². The van der Waals surface area contributed by atoms with E-state index in [4.69, 9.17) is 12.2 Å². The summed E-state index contributed by atoms with van der Waals surface area (Å²) in [6, 6.07) is 0. The summed E-state index contributed by atoms with van der Waals surface area (Å²) >= 11 is 6.60. The van der Waals surface area contributed by atoms with Gasteiger partial charge in [-0.15, -0.1) is 11.3 Å². The van der Waals surface area contributed by atoms with Gasteiger partial charge in [-0.2, -0.15) is 0 Å². The summed E-state index contributed by atoms with van der Waals surface area (Å²) in [5, 5.41) is 0.793. The van der Waals surface area contributed by atoms with E-state index in [0.29, 0.717) is 10.7 Å². The lowest BCUT2D eigenvalue weighted by atomic mass is 9.98. The van der Waals surface area contributed by atoms with Crippen LogP contribution in [0.25, 0.3) is 10.2 Å². The highest BCUT2D eigenvalue weighted by Gasteiger charge is 2.14. The molecule has 5 heteroatoms. The number of aromatic nitrogens is 2. The molecule has 2 aromatic rings. The lowest BCUT2D eigenvalue weighted by molar-refractivity contribution is 0.561. The number of thiophene rings is 1. The molecule has 2 heterocycles. The van der Waals surface area contributed by atoms with E-state index in [1.165, 1.54) is 10.4 Å². The zero-order valence-electron chi connectivity index (χ0n) is 10.2. The molecule has 1 unspecified atom stereocenters. The monoisotopic (exact) mass is 268 g/mol. The fourth-order valence-corrected chi connectivity index (χ4v) is 3.29. The summed E-state index contributed by atoms with van der Waals surface area (Å²) in [4.78, 5) is 19.8. The van der Waals surface area contributed by atoms with Gasteiger partial charge in [0.1, 0.15) is 4.83 Å². The standard InChI is InChI=1S/C12H16N2OS2/c1-4-6(2)5-8-7(3)17-11-9(8)10(15)13-12(16)14-11/h6H,4-5H2,1-3H3,(H2,13,14,15,16). The quantitative estimate of drug-likeness (QED) is 0.836. The first-order valence-electron chi connectivity index (χ1n) is 5.77. The number of aromatic amines is 2. The Kier molecular flexibility index (Phi) is 3.49. The summed E-state index contributed by atoms with van der Waals surface area (Å²) in [6.45, 7) is 6.45. The van der Waals surface area contributed by atoms with E-state index in [0.717, 1.165) is 23.1 Å². The van der Waals surface area contributed by atoms with Gasteiger partial charge in [-0.25, -0.2) is 0 Å². The Balaban J connectivity index is 2.67. The van der Waals surface area contributed by atoms with Gasteiger partial charge in [0.15, 0.2) is 4.77 Å². The predicted molar refractivity (Wildman–Crippen MR) is 75.5 cm³/mol. The summed E-state index contributed by atoms with van der Waals surface area (Å²) < 4.78 is 0.402. The lowest BCUT2D eigenvalue weighted by Crippen LogP contribution is -2.09. The molecule has 0 amide bonds. The number of aryl methyl sites for hydroxylation is 1. The maximum Gasteiger partial charge on any atom is 0.260 e. The van der Waals surface area contributed by atoms with Gasteiger partial charge in [0.25, 0.3) is 5.56 Å². The van der Waals surface area contributed by atoms with Crippen LogP contribution in [0.2, 0.25) is 0 Å². The average Bonchev–Trinajstić information content (AvgIpc) is 2.55. The summed E-state index contributed by atoms with van der Waals surface area (Å²) in [7, 11) is 0. The molecule has 2 rings (SSSR count). The summed E-state index contributed by atoms with van der Waals surface area (Å²) in [5.74, 6) is 0.592. The van der Waals surface area contributed by atoms with Crippen LogP contribution < -0.4 is 5.56 Å². The minimum Gasteiger partial charge on any atom is -0.323 e. The molecule has 2 aromatic heterocycles. The van der Waals surface area contributed by atoms with Crippen LogP contribution >= 0.6 is 23.6 Å². The molecule has 17 heavy (non-hydrogen) atoms. The lowest BCUT2D eigenvalue weighted by Gasteiger charge is -2.07. The first-order chi connectivity index (χ1) is 8.02. The van der Waals surface area contributed by atoms with E-state index in [9.17, 15) is 4.79 Å². The fourth-order valence-electron chi connectivity index (χ4n) is 1.95. The van der Waals surface area contributed by atoms with Crippen molar-refractivity contribution in [2.75, 3.05) is 0 Å². The van der Waals surface area contributed by atoms with Crippen LogP contribution in [-0.2, 0) is 6.42 Å². The maximum absolute atomic E-state index is 12.0. The fraction of sp³-hybridized carbons (Fsp3) is 0.500. The molecular formula is C12H16N2OS2. The molecule has 92 valence electrons. The van der Waals surface area contributed by atoms with Crippen molar-refractivity contribution in [1.29, 1.82) is 0 Å². The second-order valence-electron chi connectivity index (χ2n) is 4.47. The van der Waals surface area contributed by atoms with E-state index in [1.54, 1.807) is 11.3 Å². The molecule has 0 radical (unpaired) electrons. The Morgan fingerprint density at radius 1 is 1.41 bits per heavy atom.